The number of rotatable bonds is 10. The van der Waals surface area contributed by atoms with Crippen molar-refractivity contribution >= 4 is 23.7 Å². The van der Waals surface area contributed by atoms with E-state index in [9.17, 15) is 24.3 Å². The van der Waals surface area contributed by atoms with E-state index in [0.29, 0.717) is 0 Å². The lowest BCUT2D eigenvalue weighted by Gasteiger charge is -2.17. The number of hydrogen-bond acceptors (Lipinski definition) is 9. The van der Waals surface area contributed by atoms with E-state index in [1.807, 2.05) is 5.32 Å². The summed E-state index contributed by atoms with van der Waals surface area (Å²) in [5.74, 6) is -3.14. The lowest BCUT2D eigenvalue weighted by molar-refractivity contribution is -0.142. The van der Waals surface area contributed by atoms with Crippen LogP contribution in [0, 0.1) is 0 Å². The Morgan fingerprint density at radius 3 is 2.37 bits per heavy atom. The first-order valence-corrected chi connectivity index (χ1v) is 7.88. The molecule has 0 saturated carbocycles. The van der Waals surface area contributed by atoms with Gasteiger partial charge in [0.2, 0.25) is 11.8 Å². The second kappa shape index (κ2) is 9.59. The van der Waals surface area contributed by atoms with Crippen LogP contribution in [0.1, 0.15) is 50.5 Å². The predicted octanol–water partition coefficient (Wildman–Crippen LogP) is -1.90. The summed E-state index contributed by atoms with van der Waals surface area (Å²) >= 11 is 0. The number of amides is 3. The summed E-state index contributed by atoms with van der Waals surface area (Å²) in [6, 6.07) is -4.71. The van der Waals surface area contributed by atoms with Crippen molar-refractivity contribution < 1.29 is 33.9 Å². The molecule has 13 nitrogen and oxygen atoms in total. The molecule has 0 spiro atoms. The summed E-state index contributed by atoms with van der Waals surface area (Å²) in [7, 11) is 0. The minimum absolute atomic E-state index is 0.0292. The van der Waals surface area contributed by atoms with Gasteiger partial charge in [0.1, 0.15) is 6.04 Å². The maximum atomic E-state index is 12.0. The number of hydrogen-bond donors (Lipinski definition) is 6. The van der Waals surface area contributed by atoms with Crippen molar-refractivity contribution in [1.82, 2.24) is 20.8 Å². The first-order valence-electron chi connectivity index (χ1n) is 7.88. The van der Waals surface area contributed by atoms with Crippen LogP contribution in [-0.2, 0) is 14.4 Å². The molecule has 8 N–H and O–H groups in total. The quantitative estimate of drug-likeness (QED) is 0.245. The number of nitrogens with two attached hydrogens (primary N) is 2. The monoisotopic (exact) mass is 386 g/mol. The van der Waals surface area contributed by atoms with Gasteiger partial charge in [0.25, 0.3) is 0 Å². The Bertz CT molecular complexity index is 690. The third kappa shape index (κ3) is 6.63. The standard InChI is InChI=1S/C14H22N6O7/c1-5(21)9(16)11-19-12(27-20-11)7(3-4-8(15)23)17-14(26)18-10(6(2)22)13(24)25/h5,7,9-10,21H,3-4,16H2,1-2H3,(H2,15,23)(H,24,25)(H2,17,18,26)/t5?,7-,9-,10-/m0/s1. The highest BCUT2D eigenvalue weighted by Gasteiger charge is 2.28. The molecule has 0 aliphatic carbocycles. The fraction of sp³-hybridized carbons (Fsp3) is 0.571. The van der Waals surface area contributed by atoms with Crippen LogP contribution in [0.2, 0.25) is 0 Å². The van der Waals surface area contributed by atoms with Crippen LogP contribution in [0.4, 0.5) is 4.79 Å². The van der Waals surface area contributed by atoms with Gasteiger partial charge in [-0.1, -0.05) is 5.16 Å². The fourth-order valence-electron chi connectivity index (χ4n) is 1.95. The third-order valence-electron chi connectivity index (χ3n) is 3.49. The molecule has 1 heterocycles. The van der Waals surface area contributed by atoms with Gasteiger partial charge in [0.05, 0.1) is 12.1 Å². The summed E-state index contributed by atoms with van der Waals surface area (Å²) in [5.41, 5.74) is 10.8. The van der Waals surface area contributed by atoms with E-state index in [1.54, 1.807) is 0 Å². The number of carboxylic acids is 1. The number of primary amides is 1. The number of aromatic nitrogens is 2. The number of urea groups is 1. The molecular formula is C14H22N6O7. The summed E-state index contributed by atoms with van der Waals surface area (Å²) in [6.45, 7) is 2.43. The van der Waals surface area contributed by atoms with Crippen LogP contribution in [0.15, 0.2) is 4.52 Å². The Hall–Kier alpha value is -3.06. The minimum atomic E-state index is -1.75. The number of aliphatic carboxylic acids is 1. The Morgan fingerprint density at radius 1 is 1.26 bits per heavy atom. The topological polar surface area (TPSA) is 224 Å². The van der Waals surface area contributed by atoms with Crippen LogP contribution >= 0.6 is 0 Å². The number of ketones is 1. The molecule has 4 atom stereocenters. The molecule has 0 saturated heterocycles. The molecule has 13 heteroatoms. The van der Waals surface area contributed by atoms with Crippen LogP contribution in [0.5, 0.6) is 0 Å². The highest BCUT2D eigenvalue weighted by atomic mass is 16.5. The highest BCUT2D eigenvalue weighted by Crippen LogP contribution is 2.19. The first kappa shape index (κ1) is 22.0. The molecule has 1 unspecified atom stereocenters. The minimum Gasteiger partial charge on any atom is -0.479 e. The van der Waals surface area contributed by atoms with Gasteiger partial charge in [-0.05, 0) is 20.3 Å². The zero-order valence-electron chi connectivity index (χ0n) is 14.7. The average molecular weight is 386 g/mol. The van der Waals surface area contributed by atoms with Gasteiger partial charge in [-0.15, -0.1) is 0 Å². The number of nitrogens with zero attached hydrogens (tertiary/aromatic N) is 2. The van der Waals surface area contributed by atoms with E-state index in [2.05, 4.69) is 15.5 Å². The van der Waals surface area contributed by atoms with Crippen LogP contribution in [0.3, 0.4) is 0 Å². The molecule has 1 rings (SSSR count). The van der Waals surface area contributed by atoms with Crippen molar-refractivity contribution in [3.63, 3.8) is 0 Å². The van der Waals surface area contributed by atoms with Gasteiger partial charge < -0.3 is 36.8 Å². The van der Waals surface area contributed by atoms with E-state index < -0.39 is 47.9 Å². The van der Waals surface area contributed by atoms with Crippen molar-refractivity contribution in [2.24, 2.45) is 11.5 Å². The molecule has 0 aliphatic heterocycles. The summed E-state index contributed by atoms with van der Waals surface area (Å²) in [4.78, 5) is 49.3. The second-order valence-corrected chi connectivity index (χ2v) is 5.81. The van der Waals surface area contributed by atoms with Crippen molar-refractivity contribution in [3.05, 3.63) is 11.7 Å². The highest BCUT2D eigenvalue weighted by molar-refractivity contribution is 6.03. The molecule has 1 aromatic rings. The molecule has 3 amide bonds. The van der Waals surface area contributed by atoms with E-state index >= 15 is 0 Å². The van der Waals surface area contributed by atoms with Crippen molar-refractivity contribution in [3.8, 4) is 0 Å². The first-order chi connectivity index (χ1) is 12.5. The van der Waals surface area contributed by atoms with Gasteiger partial charge >= 0.3 is 12.0 Å². The Balaban J connectivity index is 2.94. The van der Waals surface area contributed by atoms with Crippen molar-refractivity contribution in [2.45, 2.75) is 50.9 Å². The summed E-state index contributed by atoms with van der Waals surface area (Å²) in [5, 5.41) is 26.3. The molecule has 0 bridgehead atoms. The number of aliphatic hydroxyl groups is 1. The zero-order chi connectivity index (χ0) is 20.7. The van der Waals surface area contributed by atoms with Crippen LogP contribution in [0.25, 0.3) is 0 Å². The molecule has 1 aromatic heterocycles. The summed E-state index contributed by atoms with van der Waals surface area (Å²) < 4.78 is 5.00. The smallest absolute Gasteiger partial charge is 0.334 e. The maximum Gasteiger partial charge on any atom is 0.334 e. The number of Topliss-reactive ketones (excluding diaryl/α,β-unsaturated/α-hetero) is 1. The number of aliphatic hydroxyl groups excluding tert-OH is 1. The normalized spacial score (nSPS) is 15.3. The lowest BCUT2D eigenvalue weighted by atomic mass is 10.1. The SMILES string of the molecule is CC(=O)[C@H](NC(=O)N[C@@H](CCC(N)=O)c1nc([C@@H](N)C(C)O)no1)C(=O)O. The predicted molar refractivity (Wildman–Crippen MR) is 87.8 cm³/mol. The molecule has 0 aliphatic rings. The van der Waals surface area contributed by atoms with Gasteiger partial charge in [0, 0.05) is 6.42 Å². The number of carboxylic acid groups (broad SMARTS) is 1. The molecular weight excluding hydrogens is 364 g/mol. The van der Waals surface area contributed by atoms with Gasteiger partial charge in [-0.3, -0.25) is 9.59 Å². The Labute approximate surface area is 153 Å². The van der Waals surface area contributed by atoms with Crippen LogP contribution < -0.4 is 22.1 Å². The van der Waals surface area contributed by atoms with E-state index in [-0.39, 0.29) is 24.6 Å². The van der Waals surface area contributed by atoms with Gasteiger partial charge in [-0.2, -0.15) is 4.98 Å². The fourth-order valence-corrected chi connectivity index (χ4v) is 1.95. The number of carbonyl (C=O) groups is 4. The number of carbonyl (C=O) groups excluding carboxylic acids is 3. The van der Waals surface area contributed by atoms with Crippen molar-refractivity contribution in [2.75, 3.05) is 0 Å². The Morgan fingerprint density at radius 2 is 1.89 bits per heavy atom. The van der Waals surface area contributed by atoms with E-state index in [0.717, 1.165) is 6.92 Å². The molecule has 0 aromatic carbocycles. The van der Waals surface area contributed by atoms with E-state index in [1.165, 1.54) is 6.92 Å². The molecule has 0 radical (unpaired) electrons. The molecule has 27 heavy (non-hydrogen) atoms. The Kier molecular flexibility index (Phi) is 7.80. The van der Waals surface area contributed by atoms with Gasteiger partial charge in [0.15, 0.2) is 17.6 Å². The second-order valence-electron chi connectivity index (χ2n) is 5.81. The zero-order valence-corrected chi connectivity index (χ0v) is 14.7. The lowest BCUT2D eigenvalue weighted by Crippen LogP contribution is -2.50. The molecule has 0 fully saturated rings. The van der Waals surface area contributed by atoms with Crippen LogP contribution in [-0.4, -0.2) is 56.2 Å². The van der Waals surface area contributed by atoms with Crippen molar-refractivity contribution in [1.29, 1.82) is 0 Å². The number of nitrogens with one attached hydrogen (secondary N) is 2. The third-order valence-corrected chi connectivity index (χ3v) is 3.49. The van der Waals surface area contributed by atoms with E-state index in [4.69, 9.17) is 21.1 Å². The maximum absolute atomic E-state index is 12.0. The van der Waals surface area contributed by atoms with Gasteiger partial charge in [-0.25, -0.2) is 9.59 Å². The molecule has 150 valence electrons. The average Bonchev–Trinajstić information content (AvgIpc) is 3.04. The largest absolute Gasteiger partial charge is 0.479 e. The summed E-state index contributed by atoms with van der Waals surface area (Å²) in [6.07, 6.45) is -1.16.